The molecule has 0 aliphatic heterocycles. The van der Waals surface area contributed by atoms with Crippen LogP contribution in [-0.4, -0.2) is 38.7 Å². The van der Waals surface area contributed by atoms with E-state index in [-0.39, 0.29) is 29.0 Å². The molecular formula is C22H29O7P. The number of hydrogen-bond donors (Lipinski definition) is 3. The SMILES string of the molecule is C[C@H]1C[C@H]2[C@@H]3CCC4=CC(=O)C=C[C@]4(C)C3=CC[C@]2(C)[C@@]1(O)C(=O)COP(=O)(O)O. The van der Waals surface area contributed by atoms with Crippen molar-refractivity contribution in [1.29, 1.82) is 0 Å². The van der Waals surface area contributed by atoms with Gasteiger partial charge < -0.3 is 14.9 Å². The number of phosphoric ester groups is 1. The van der Waals surface area contributed by atoms with Crippen LogP contribution in [0.25, 0.3) is 0 Å². The topological polar surface area (TPSA) is 121 Å². The first-order chi connectivity index (χ1) is 13.8. The van der Waals surface area contributed by atoms with Crippen LogP contribution in [0.1, 0.15) is 46.5 Å². The molecule has 0 aromatic heterocycles. The summed E-state index contributed by atoms with van der Waals surface area (Å²) in [6.45, 7) is 5.06. The molecule has 6 atom stereocenters. The van der Waals surface area contributed by atoms with Crippen molar-refractivity contribution < 1.29 is 33.6 Å². The van der Waals surface area contributed by atoms with Gasteiger partial charge in [0, 0.05) is 10.8 Å². The van der Waals surface area contributed by atoms with Gasteiger partial charge in [-0.1, -0.05) is 37.1 Å². The molecule has 0 amide bonds. The van der Waals surface area contributed by atoms with Crippen molar-refractivity contribution in [1.82, 2.24) is 0 Å². The molecule has 0 unspecified atom stereocenters. The van der Waals surface area contributed by atoms with Crippen LogP contribution in [0.3, 0.4) is 0 Å². The van der Waals surface area contributed by atoms with Crippen molar-refractivity contribution in [3.63, 3.8) is 0 Å². The molecule has 0 heterocycles. The zero-order valence-corrected chi connectivity index (χ0v) is 18.4. The molecule has 8 heteroatoms. The largest absolute Gasteiger partial charge is 0.470 e. The molecule has 0 saturated heterocycles. The van der Waals surface area contributed by atoms with Gasteiger partial charge in [-0.15, -0.1) is 0 Å². The van der Waals surface area contributed by atoms with E-state index in [2.05, 4.69) is 17.5 Å². The summed E-state index contributed by atoms with van der Waals surface area (Å²) in [7, 11) is -4.81. The third-order valence-electron chi connectivity index (χ3n) is 8.32. The van der Waals surface area contributed by atoms with Crippen LogP contribution in [0, 0.1) is 28.6 Å². The Morgan fingerprint density at radius 1 is 1.33 bits per heavy atom. The van der Waals surface area contributed by atoms with Crippen molar-refractivity contribution in [2.24, 2.45) is 28.6 Å². The first-order valence-corrected chi connectivity index (χ1v) is 12.0. The molecule has 0 bridgehead atoms. The van der Waals surface area contributed by atoms with Crippen molar-refractivity contribution in [2.75, 3.05) is 6.61 Å². The van der Waals surface area contributed by atoms with Crippen molar-refractivity contribution in [3.05, 3.63) is 35.5 Å². The van der Waals surface area contributed by atoms with Gasteiger partial charge in [-0.05, 0) is 62.5 Å². The van der Waals surface area contributed by atoms with Gasteiger partial charge in [0.05, 0.1) is 0 Å². The normalized spacial score (nSPS) is 42.7. The van der Waals surface area contributed by atoms with Crippen molar-refractivity contribution in [2.45, 2.75) is 52.1 Å². The number of fused-ring (bicyclic) bond motifs is 5. The van der Waals surface area contributed by atoms with E-state index in [1.807, 2.05) is 19.9 Å². The summed E-state index contributed by atoms with van der Waals surface area (Å²) in [5.74, 6) is -0.786. The van der Waals surface area contributed by atoms with Gasteiger partial charge in [-0.25, -0.2) is 4.57 Å². The molecule has 4 aliphatic carbocycles. The maximum Gasteiger partial charge on any atom is 0.470 e. The lowest BCUT2D eigenvalue weighted by molar-refractivity contribution is -0.161. The lowest BCUT2D eigenvalue weighted by Crippen LogP contribution is -2.57. The summed E-state index contributed by atoms with van der Waals surface area (Å²) in [5.41, 5.74) is -0.406. The Balaban J connectivity index is 1.70. The Morgan fingerprint density at radius 2 is 2.03 bits per heavy atom. The van der Waals surface area contributed by atoms with Crippen LogP contribution in [-0.2, 0) is 18.7 Å². The minimum absolute atomic E-state index is 0.0155. The summed E-state index contributed by atoms with van der Waals surface area (Å²) in [6.07, 6.45) is 10.2. The molecule has 30 heavy (non-hydrogen) atoms. The fourth-order valence-electron chi connectivity index (χ4n) is 6.71. The predicted octanol–water partition coefficient (Wildman–Crippen LogP) is 2.87. The van der Waals surface area contributed by atoms with Crippen LogP contribution in [0.4, 0.5) is 0 Å². The zero-order chi connectivity index (χ0) is 22.1. The smallest absolute Gasteiger partial charge is 0.381 e. The minimum atomic E-state index is -4.81. The summed E-state index contributed by atoms with van der Waals surface area (Å²) in [6, 6.07) is 0. The number of carbonyl (C=O) groups excluding carboxylic acids is 2. The van der Waals surface area contributed by atoms with Crippen LogP contribution < -0.4 is 0 Å². The number of hydrogen-bond acceptors (Lipinski definition) is 5. The van der Waals surface area contributed by atoms with E-state index in [1.54, 1.807) is 12.2 Å². The maximum absolute atomic E-state index is 13.0. The number of aliphatic hydroxyl groups is 1. The Kier molecular flexibility index (Phi) is 4.96. The molecule has 7 nitrogen and oxygen atoms in total. The van der Waals surface area contributed by atoms with Crippen molar-refractivity contribution >= 4 is 19.4 Å². The van der Waals surface area contributed by atoms with E-state index in [0.717, 1.165) is 18.4 Å². The summed E-state index contributed by atoms with van der Waals surface area (Å²) < 4.78 is 15.5. The molecule has 3 N–H and O–H groups in total. The Bertz CT molecular complexity index is 943. The highest BCUT2D eigenvalue weighted by atomic mass is 31.2. The lowest BCUT2D eigenvalue weighted by Gasteiger charge is -2.53. The number of rotatable bonds is 4. The van der Waals surface area contributed by atoms with E-state index in [9.17, 15) is 19.3 Å². The molecule has 2 saturated carbocycles. The highest BCUT2D eigenvalue weighted by Gasteiger charge is 2.67. The quantitative estimate of drug-likeness (QED) is 0.458. The highest BCUT2D eigenvalue weighted by molar-refractivity contribution is 7.46. The minimum Gasteiger partial charge on any atom is -0.381 e. The lowest BCUT2D eigenvalue weighted by atomic mass is 9.51. The van der Waals surface area contributed by atoms with Gasteiger partial charge in [-0.2, -0.15) is 0 Å². The number of allylic oxidation sites excluding steroid dienone is 6. The van der Waals surface area contributed by atoms with E-state index in [0.29, 0.717) is 12.8 Å². The number of carbonyl (C=O) groups is 2. The Morgan fingerprint density at radius 3 is 2.70 bits per heavy atom. The number of ketones is 2. The zero-order valence-electron chi connectivity index (χ0n) is 17.5. The highest BCUT2D eigenvalue weighted by Crippen LogP contribution is 2.66. The van der Waals surface area contributed by atoms with Crippen molar-refractivity contribution in [3.8, 4) is 0 Å². The van der Waals surface area contributed by atoms with Crippen LogP contribution >= 0.6 is 7.82 Å². The molecule has 0 aromatic carbocycles. The van der Waals surface area contributed by atoms with E-state index >= 15 is 0 Å². The molecular weight excluding hydrogens is 407 g/mol. The first kappa shape index (κ1) is 21.8. The molecule has 2 fully saturated rings. The van der Waals surface area contributed by atoms with Gasteiger partial charge in [0.2, 0.25) is 0 Å². The first-order valence-electron chi connectivity index (χ1n) is 10.4. The van der Waals surface area contributed by atoms with Crippen LogP contribution in [0.5, 0.6) is 0 Å². The third-order valence-corrected chi connectivity index (χ3v) is 8.78. The van der Waals surface area contributed by atoms with E-state index in [1.165, 1.54) is 5.57 Å². The predicted molar refractivity (Wildman–Crippen MR) is 109 cm³/mol. The molecule has 4 aliphatic rings. The standard InChI is InChI=1S/C22H29O7P/c1-13-10-18-16-5-4-14-11-15(23)6-8-20(14,2)17(16)7-9-21(18,3)22(13,25)19(24)12-29-30(26,27)28/h6-8,11,13,16,18,25H,4-5,9-10,12H2,1-3H3,(H2,26,27,28)/t13-,16+,18-,20-,21-,22-/m0/s1. The summed E-state index contributed by atoms with van der Waals surface area (Å²) in [4.78, 5) is 42.8. The van der Waals surface area contributed by atoms with Gasteiger partial charge in [-0.3, -0.25) is 14.1 Å². The fraction of sp³-hybridized carbons (Fsp3) is 0.636. The van der Waals surface area contributed by atoms with Crippen LogP contribution in [0.2, 0.25) is 0 Å². The van der Waals surface area contributed by atoms with E-state index < -0.39 is 31.2 Å². The summed E-state index contributed by atoms with van der Waals surface area (Å²) >= 11 is 0. The number of Topliss-reactive ketones (excluding diaryl/α,β-unsaturated/α-hetero) is 1. The number of phosphoric acid groups is 1. The molecule has 0 aromatic rings. The average molecular weight is 436 g/mol. The Labute approximate surface area is 176 Å². The second kappa shape index (κ2) is 6.81. The van der Waals surface area contributed by atoms with Gasteiger partial charge in [0.25, 0.3) is 0 Å². The molecule has 164 valence electrons. The second-order valence-corrected chi connectivity index (χ2v) is 11.0. The van der Waals surface area contributed by atoms with Gasteiger partial charge in [0.1, 0.15) is 12.2 Å². The molecule has 4 rings (SSSR count). The average Bonchev–Trinajstić information content (AvgIpc) is 2.87. The monoisotopic (exact) mass is 436 g/mol. The fourth-order valence-corrected chi connectivity index (χ4v) is 7.00. The second-order valence-electron chi connectivity index (χ2n) is 9.73. The van der Waals surface area contributed by atoms with Gasteiger partial charge in [0.15, 0.2) is 11.6 Å². The third kappa shape index (κ3) is 2.98. The summed E-state index contributed by atoms with van der Waals surface area (Å²) in [5, 5.41) is 11.6. The Hall–Kier alpha value is -1.37. The van der Waals surface area contributed by atoms with Crippen LogP contribution in [0.15, 0.2) is 35.5 Å². The molecule has 0 spiro atoms. The maximum atomic E-state index is 13.0. The molecule has 0 radical (unpaired) electrons. The van der Waals surface area contributed by atoms with Gasteiger partial charge >= 0.3 is 7.82 Å². The van der Waals surface area contributed by atoms with E-state index in [4.69, 9.17) is 9.79 Å².